The van der Waals surface area contributed by atoms with Gasteiger partial charge in [0.25, 0.3) is 0 Å². The molecule has 20 heavy (non-hydrogen) atoms. The van der Waals surface area contributed by atoms with Crippen molar-refractivity contribution in [2.75, 3.05) is 0 Å². The molecule has 0 saturated heterocycles. The molecule has 1 heterocycles. The Hall–Kier alpha value is -1.97. The Labute approximate surface area is 124 Å². The first-order valence-corrected chi connectivity index (χ1v) is 6.52. The van der Waals surface area contributed by atoms with E-state index in [-0.39, 0.29) is 16.2 Å². The molecule has 0 unspecified atom stereocenters. The van der Waals surface area contributed by atoms with Crippen molar-refractivity contribution in [3.05, 3.63) is 62.7 Å². The largest absolute Gasteiger partial charge is 0.508 e. The molecule has 0 aliphatic heterocycles. The molecule has 100 valence electrons. The standard InChI is InChI=1S/C15H8Cl2O3/c16-9-5-11-13(19)7-14(20-15(11)12(17)6-9)8-1-3-10(18)4-2-8/h1-7,18H. The molecule has 0 atom stereocenters. The molecular formula is C15H8Cl2O3. The van der Waals surface area contributed by atoms with E-state index in [2.05, 4.69) is 0 Å². The molecule has 5 heteroatoms. The van der Waals surface area contributed by atoms with Gasteiger partial charge in [-0.15, -0.1) is 0 Å². The minimum absolute atomic E-state index is 0.140. The molecular weight excluding hydrogens is 299 g/mol. The maximum absolute atomic E-state index is 12.1. The summed E-state index contributed by atoms with van der Waals surface area (Å²) < 4.78 is 5.68. The number of phenols is 1. The molecule has 0 radical (unpaired) electrons. The number of aromatic hydroxyl groups is 1. The maximum Gasteiger partial charge on any atom is 0.193 e. The van der Waals surface area contributed by atoms with Gasteiger partial charge in [-0.25, -0.2) is 0 Å². The molecule has 0 aliphatic carbocycles. The average molecular weight is 307 g/mol. The van der Waals surface area contributed by atoms with E-state index in [9.17, 15) is 9.90 Å². The summed E-state index contributed by atoms with van der Waals surface area (Å²) in [6, 6.07) is 10.8. The second-order valence-corrected chi connectivity index (χ2v) is 5.13. The van der Waals surface area contributed by atoms with E-state index < -0.39 is 0 Å². The molecule has 3 aromatic rings. The summed E-state index contributed by atoms with van der Waals surface area (Å²) in [5, 5.41) is 10.3. The quantitative estimate of drug-likeness (QED) is 0.721. The lowest BCUT2D eigenvalue weighted by atomic mass is 10.1. The van der Waals surface area contributed by atoms with Gasteiger partial charge >= 0.3 is 0 Å². The van der Waals surface area contributed by atoms with E-state index >= 15 is 0 Å². The lowest BCUT2D eigenvalue weighted by molar-refractivity contribution is 0.475. The van der Waals surface area contributed by atoms with E-state index in [0.29, 0.717) is 27.3 Å². The van der Waals surface area contributed by atoms with Crippen molar-refractivity contribution >= 4 is 34.2 Å². The number of benzene rings is 2. The van der Waals surface area contributed by atoms with Gasteiger partial charge in [-0.3, -0.25) is 4.79 Å². The van der Waals surface area contributed by atoms with Crippen molar-refractivity contribution in [3.8, 4) is 17.1 Å². The van der Waals surface area contributed by atoms with E-state index in [1.54, 1.807) is 12.1 Å². The number of fused-ring (bicyclic) bond motifs is 1. The molecule has 0 saturated carbocycles. The van der Waals surface area contributed by atoms with E-state index in [0.717, 1.165) is 0 Å². The Kier molecular flexibility index (Phi) is 3.16. The van der Waals surface area contributed by atoms with Gasteiger partial charge in [-0.1, -0.05) is 23.2 Å². The highest BCUT2D eigenvalue weighted by Crippen LogP contribution is 2.30. The van der Waals surface area contributed by atoms with Gasteiger partial charge in [0.05, 0.1) is 10.4 Å². The van der Waals surface area contributed by atoms with Crippen molar-refractivity contribution in [2.45, 2.75) is 0 Å². The van der Waals surface area contributed by atoms with Crippen molar-refractivity contribution in [1.82, 2.24) is 0 Å². The Morgan fingerprint density at radius 3 is 2.40 bits per heavy atom. The molecule has 1 N–H and O–H groups in total. The molecule has 0 spiro atoms. The van der Waals surface area contributed by atoms with Gasteiger partial charge in [0.2, 0.25) is 0 Å². The number of hydrogen-bond donors (Lipinski definition) is 1. The third-order valence-electron chi connectivity index (χ3n) is 2.90. The number of phenolic OH excluding ortho intramolecular Hbond substituents is 1. The van der Waals surface area contributed by atoms with Crippen molar-refractivity contribution in [2.24, 2.45) is 0 Å². The van der Waals surface area contributed by atoms with Crippen LogP contribution >= 0.6 is 23.2 Å². The third-order valence-corrected chi connectivity index (χ3v) is 3.40. The molecule has 0 amide bonds. The minimum atomic E-state index is -0.223. The molecule has 0 fully saturated rings. The lowest BCUT2D eigenvalue weighted by Crippen LogP contribution is -2.00. The smallest absolute Gasteiger partial charge is 0.193 e. The van der Waals surface area contributed by atoms with Crippen LogP contribution in [0.5, 0.6) is 5.75 Å². The summed E-state index contributed by atoms with van der Waals surface area (Å²) in [5.74, 6) is 0.522. The van der Waals surface area contributed by atoms with Crippen LogP contribution in [-0.4, -0.2) is 5.11 Å². The highest BCUT2D eigenvalue weighted by atomic mass is 35.5. The van der Waals surface area contributed by atoms with Gasteiger partial charge in [-0.2, -0.15) is 0 Å². The van der Waals surface area contributed by atoms with Crippen LogP contribution in [0.25, 0.3) is 22.3 Å². The van der Waals surface area contributed by atoms with E-state index in [1.807, 2.05) is 0 Å². The van der Waals surface area contributed by atoms with Crippen molar-refractivity contribution in [3.63, 3.8) is 0 Å². The van der Waals surface area contributed by atoms with Crippen LogP contribution in [0, 0.1) is 0 Å². The Balaban J connectivity index is 2.29. The molecule has 0 aliphatic rings. The fraction of sp³-hybridized carbons (Fsp3) is 0. The normalized spacial score (nSPS) is 10.9. The second kappa shape index (κ2) is 4.85. The summed E-state index contributed by atoms with van der Waals surface area (Å²) in [6.07, 6.45) is 0. The first kappa shape index (κ1) is 13.0. The van der Waals surface area contributed by atoms with Crippen LogP contribution in [0.3, 0.4) is 0 Å². The van der Waals surface area contributed by atoms with Crippen LogP contribution < -0.4 is 5.43 Å². The first-order valence-electron chi connectivity index (χ1n) is 5.77. The van der Waals surface area contributed by atoms with Crippen LogP contribution in [0.4, 0.5) is 0 Å². The first-order chi connectivity index (χ1) is 9.54. The SMILES string of the molecule is O=c1cc(-c2ccc(O)cc2)oc2c(Cl)cc(Cl)cc12. The molecule has 1 aromatic heterocycles. The van der Waals surface area contributed by atoms with E-state index in [4.69, 9.17) is 27.6 Å². The van der Waals surface area contributed by atoms with Gasteiger partial charge in [-0.05, 0) is 36.4 Å². The highest BCUT2D eigenvalue weighted by molar-refractivity contribution is 6.38. The third kappa shape index (κ3) is 2.26. The predicted octanol–water partition coefficient (Wildman–Crippen LogP) is 4.47. The zero-order valence-corrected chi connectivity index (χ0v) is 11.6. The predicted molar refractivity (Wildman–Crippen MR) is 79.6 cm³/mol. The second-order valence-electron chi connectivity index (χ2n) is 4.29. The zero-order valence-electron chi connectivity index (χ0n) is 10.1. The number of rotatable bonds is 1. The average Bonchev–Trinajstić information content (AvgIpc) is 2.40. The van der Waals surface area contributed by atoms with Gasteiger partial charge in [0, 0.05) is 16.7 Å². The Morgan fingerprint density at radius 2 is 1.70 bits per heavy atom. The topological polar surface area (TPSA) is 50.4 Å². The molecule has 2 aromatic carbocycles. The summed E-state index contributed by atoms with van der Waals surface area (Å²) in [7, 11) is 0. The van der Waals surface area contributed by atoms with Crippen LogP contribution in [0.1, 0.15) is 0 Å². The summed E-state index contributed by atoms with van der Waals surface area (Å²) in [6.45, 7) is 0. The van der Waals surface area contributed by atoms with Gasteiger partial charge in [0.1, 0.15) is 11.5 Å². The van der Waals surface area contributed by atoms with E-state index in [1.165, 1.54) is 30.3 Å². The highest BCUT2D eigenvalue weighted by Gasteiger charge is 2.11. The molecule has 3 nitrogen and oxygen atoms in total. The lowest BCUT2D eigenvalue weighted by Gasteiger charge is -2.05. The fourth-order valence-electron chi connectivity index (χ4n) is 1.95. The Morgan fingerprint density at radius 1 is 1.00 bits per heavy atom. The van der Waals surface area contributed by atoms with Crippen molar-refractivity contribution < 1.29 is 9.52 Å². The van der Waals surface area contributed by atoms with Crippen LogP contribution in [0.2, 0.25) is 10.0 Å². The van der Waals surface area contributed by atoms with Gasteiger partial charge in [0.15, 0.2) is 11.0 Å². The Bertz CT molecular complexity index is 851. The summed E-state index contributed by atoms with van der Waals surface area (Å²) in [5.41, 5.74) is 0.748. The fourth-order valence-corrected chi connectivity index (χ4v) is 2.48. The monoisotopic (exact) mass is 306 g/mol. The maximum atomic E-state index is 12.1. The molecule has 0 bridgehead atoms. The van der Waals surface area contributed by atoms with Crippen LogP contribution in [-0.2, 0) is 0 Å². The minimum Gasteiger partial charge on any atom is -0.508 e. The van der Waals surface area contributed by atoms with Crippen molar-refractivity contribution in [1.29, 1.82) is 0 Å². The summed E-state index contributed by atoms with van der Waals surface area (Å²) in [4.78, 5) is 12.1. The number of hydrogen-bond acceptors (Lipinski definition) is 3. The van der Waals surface area contributed by atoms with Crippen LogP contribution in [0.15, 0.2) is 51.7 Å². The summed E-state index contributed by atoms with van der Waals surface area (Å²) >= 11 is 11.9. The molecule has 3 rings (SSSR count). The zero-order chi connectivity index (χ0) is 14.3. The number of halogens is 2. The van der Waals surface area contributed by atoms with Gasteiger partial charge < -0.3 is 9.52 Å².